The Hall–Kier alpha value is -0.0684. The molecule has 0 atom stereocenters. The van der Waals surface area contributed by atoms with Crippen LogP contribution in [-0.2, 0) is 0 Å². The van der Waals surface area contributed by atoms with Gasteiger partial charge < -0.3 is 10.2 Å². The first-order valence-corrected chi connectivity index (χ1v) is 2.72. The van der Waals surface area contributed by atoms with Gasteiger partial charge in [-0.25, -0.2) is 4.79 Å². The molecule has 0 aliphatic heterocycles. The van der Waals surface area contributed by atoms with Crippen molar-refractivity contribution in [1.82, 2.24) is 0 Å². The van der Waals surface area contributed by atoms with Crippen molar-refractivity contribution in [3.63, 3.8) is 0 Å². The fraction of sp³-hybridized carbons (Fsp3) is 0. The van der Waals surface area contributed by atoms with Crippen molar-refractivity contribution >= 4 is 5.97 Å². The van der Waals surface area contributed by atoms with Gasteiger partial charge in [-0.1, -0.05) is 6.07 Å². The summed E-state index contributed by atoms with van der Waals surface area (Å²) in [4.78, 5) is 10.2. The maximum Gasteiger partial charge on any atom is 0.335 e. The summed E-state index contributed by atoms with van der Waals surface area (Å²) in [6, 6.07) is 5.52. The molecule has 0 aliphatic carbocycles. The number of benzene rings is 1. The van der Waals surface area contributed by atoms with Crippen molar-refractivity contribution in [3.8, 4) is 5.75 Å². The summed E-state index contributed by atoms with van der Waals surface area (Å²) in [7, 11) is 0. The zero-order valence-electron chi connectivity index (χ0n) is 5.69. The minimum absolute atomic E-state index is 0. The van der Waals surface area contributed by atoms with Crippen molar-refractivity contribution in [3.05, 3.63) is 29.8 Å². The summed E-state index contributed by atoms with van der Waals surface area (Å²) in [5, 5.41) is 17.2. The third kappa shape index (κ3) is 3.22. The molecule has 2 N–H and O–H groups in total. The average molecular weight is 365 g/mol. The number of carbonyl (C=O) groups is 1. The van der Waals surface area contributed by atoms with Gasteiger partial charge >= 0.3 is 5.97 Å². The Labute approximate surface area is 99.6 Å². The fourth-order valence-electron chi connectivity index (χ4n) is 0.639. The van der Waals surface area contributed by atoms with Crippen molar-refractivity contribution in [2.45, 2.75) is 0 Å². The number of hydrogen-bond acceptors (Lipinski definition) is 2. The van der Waals surface area contributed by atoms with Crippen molar-refractivity contribution in [1.29, 1.82) is 0 Å². The molecule has 0 saturated carbocycles. The molecule has 1 rings (SSSR count). The predicted octanol–water partition coefficient (Wildman–Crippen LogP) is 1.09. The molecule has 0 unspecified atom stereocenters. The first-order chi connectivity index (χ1) is 4.70. The number of phenols is 1. The SMILES string of the molecule is O=C(O)c1cccc(O)c1.[Ac]. The van der Waals surface area contributed by atoms with E-state index >= 15 is 0 Å². The van der Waals surface area contributed by atoms with Crippen LogP contribution in [0.4, 0.5) is 0 Å². The summed E-state index contributed by atoms with van der Waals surface area (Å²) in [6.07, 6.45) is 0. The van der Waals surface area contributed by atoms with Gasteiger partial charge in [-0.15, -0.1) is 0 Å². The van der Waals surface area contributed by atoms with E-state index < -0.39 is 5.97 Å². The molecule has 4 heteroatoms. The number of rotatable bonds is 1. The molecule has 0 amide bonds. The van der Waals surface area contributed by atoms with E-state index in [1.54, 1.807) is 0 Å². The van der Waals surface area contributed by atoms with Crippen LogP contribution in [0.15, 0.2) is 24.3 Å². The Morgan fingerprint density at radius 2 is 2.00 bits per heavy atom. The predicted molar refractivity (Wildman–Crippen MR) is 35.1 cm³/mol. The third-order valence-electron chi connectivity index (χ3n) is 1.09. The van der Waals surface area contributed by atoms with Crippen molar-refractivity contribution in [2.75, 3.05) is 0 Å². The number of aromatic carboxylic acids is 1. The minimum atomic E-state index is -1.03. The molecule has 0 aromatic heterocycles. The van der Waals surface area contributed by atoms with Gasteiger partial charge in [0.1, 0.15) is 5.75 Å². The van der Waals surface area contributed by atoms with Gasteiger partial charge in [0.25, 0.3) is 0 Å². The van der Waals surface area contributed by atoms with Crippen molar-refractivity contribution in [2.24, 2.45) is 0 Å². The average Bonchev–Trinajstić information content (AvgIpc) is 1.88. The van der Waals surface area contributed by atoms with E-state index in [-0.39, 0.29) is 55.4 Å². The van der Waals surface area contributed by atoms with Crippen LogP contribution in [-0.4, -0.2) is 16.2 Å². The van der Waals surface area contributed by atoms with Crippen LogP contribution in [0.25, 0.3) is 0 Å². The van der Waals surface area contributed by atoms with Gasteiger partial charge in [-0.2, -0.15) is 0 Å². The van der Waals surface area contributed by atoms with E-state index in [0.29, 0.717) is 0 Å². The first-order valence-electron chi connectivity index (χ1n) is 2.72. The Balaban J connectivity index is 0.000001000. The van der Waals surface area contributed by atoms with Crippen LogP contribution in [0, 0.1) is 44.1 Å². The Kier molecular flexibility index (Phi) is 4.71. The second-order valence-corrected chi connectivity index (χ2v) is 1.86. The Bertz CT molecular complexity index is 260. The molecular formula is C7H6AcO3. The zero-order chi connectivity index (χ0) is 7.56. The molecule has 0 bridgehead atoms. The van der Waals surface area contributed by atoms with Crippen LogP contribution >= 0.6 is 0 Å². The smallest absolute Gasteiger partial charge is 0.335 e. The summed E-state index contributed by atoms with van der Waals surface area (Å²) in [6.45, 7) is 0. The normalized spacial score (nSPS) is 8.36. The van der Waals surface area contributed by atoms with Crippen LogP contribution in [0.5, 0.6) is 5.75 Å². The largest absolute Gasteiger partial charge is 0.508 e. The van der Waals surface area contributed by atoms with Crippen LogP contribution in [0.2, 0.25) is 0 Å². The van der Waals surface area contributed by atoms with Gasteiger partial charge in [0.05, 0.1) is 5.56 Å². The van der Waals surface area contributed by atoms with Gasteiger partial charge in [0.2, 0.25) is 0 Å². The third-order valence-corrected chi connectivity index (χ3v) is 1.09. The number of hydrogen-bond donors (Lipinski definition) is 2. The molecule has 11 heavy (non-hydrogen) atoms. The molecular weight excluding hydrogens is 359 g/mol. The van der Waals surface area contributed by atoms with Gasteiger partial charge in [0.15, 0.2) is 0 Å². The molecule has 0 heterocycles. The molecule has 0 spiro atoms. The molecule has 0 saturated heterocycles. The second kappa shape index (κ2) is 4.74. The molecule has 0 aliphatic rings. The van der Waals surface area contributed by atoms with Gasteiger partial charge in [0, 0.05) is 44.1 Å². The molecule has 0 fully saturated rings. The topological polar surface area (TPSA) is 57.5 Å². The number of carboxylic acid groups (broad SMARTS) is 1. The number of phenolic OH excluding ortho intramolecular Hbond substituents is 1. The quantitative estimate of drug-likeness (QED) is 0.784. The van der Waals surface area contributed by atoms with E-state index in [1.165, 1.54) is 24.3 Å². The summed E-state index contributed by atoms with van der Waals surface area (Å²) >= 11 is 0. The standard InChI is InChI=1S/C7H6O3.Ac/c8-6-3-1-2-5(4-6)7(9)10;/h1-4,8H,(H,9,10);. The summed E-state index contributed by atoms with van der Waals surface area (Å²) in [5.41, 5.74) is 0.0972. The zero-order valence-corrected chi connectivity index (χ0v) is 10.4. The van der Waals surface area contributed by atoms with E-state index in [4.69, 9.17) is 10.2 Å². The Morgan fingerprint density at radius 3 is 2.36 bits per heavy atom. The van der Waals surface area contributed by atoms with E-state index in [9.17, 15) is 4.79 Å². The molecule has 1 aromatic rings. The second-order valence-electron chi connectivity index (χ2n) is 1.86. The van der Waals surface area contributed by atoms with E-state index in [1.807, 2.05) is 0 Å². The van der Waals surface area contributed by atoms with Crippen molar-refractivity contribution < 1.29 is 59.1 Å². The van der Waals surface area contributed by atoms with E-state index in [2.05, 4.69) is 0 Å². The van der Waals surface area contributed by atoms with Gasteiger partial charge in [-0.05, 0) is 18.2 Å². The number of aromatic hydroxyl groups is 1. The summed E-state index contributed by atoms with van der Waals surface area (Å²) in [5.74, 6) is -1.06. The molecule has 3 nitrogen and oxygen atoms in total. The maximum absolute atomic E-state index is 10.2. The van der Waals surface area contributed by atoms with Gasteiger partial charge in [-0.3, -0.25) is 0 Å². The molecule has 55 valence electrons. The maximum atomic E-state index is 10.2. The van der Waals surface area contributed by atoms with Crippen LogP contribution in [0.1, 0.15) is 10.4 Å². The van der Waals surface area contributed by atoms with E-state index in [0.717, 1.165) is 0 Å². The molecule has 1 radical (unpaired) electrons. The minimum Gasteiger partial charge on any atom is -0.508 e. The summed E-state index contributed by atoms with van der Waals surface area (Å²) < 4.78 is 0. The number of carboxylic acids is 1. The first kappa shape index (κ1) is 10.9. The fourth-order valence-corrected chi connectivity index (χ4v) is 0.639. The monoisotopic (exact) mass is 365 g/mol. The Morgan fingerprint density at radius 1 is 1.36 bits per heavy atom. The van der Waals surface area contributed by atoms with Crippen LogP contribution in [0.3, 0.4) is 0 Å². The molecule has 1 aromatic carbocycles. The van der Waals surface area contributed by atoms with Crippen LogP contribution < -0.4 is 0 Å².